The van der Waals surface area contributed by atoms with Gasteiger partial charge in [-0.1, -0.05) is 24.6 Å². The molecule has 6 nitrogen and oxygen atoms in total. The molecule has 6 heteroatoms. The number of hydrogen-bond acceptors (Lipinski definition) is 4. The molecular formula is C24H28N6. The zero-order valence-corrected chi connectivity index (χ0v) is 17.8. The molecule has 0 aliphatic heterocycles. The lowest BCUT2D eigenvalue weighted by Crippen LogP contribution is -2.10. The predicted octanol–water partition coefficient (Wildman–Crippen LogP) is 5.10. The molecule has 3 aromatic heterocycles. The Morgan fingerprint density at radius 1 is 1.17 bits per heavy atom. The van der Waals surface area contributed by atoms with Gasteiger partial charge in [-0.15, -0.1) is 0 Å². The first-order chi connectivity index (χ1) is 14.5. The fourth-order valence-corrected chi connectivity index (χ4v) is 4.63. The first kappa shape index (κ1) is 19.0. The first-order valence-corrected chi connectivity index (χ1v) is 10.8. The second-order valence-electron chi connectivity index (χ2n) is 8.59. The number of aromatic amines is 1. The van der Waals surface area contributed by atoms with E-state index in [0.29, 0.717) is 6.04 Å². The van der Waals surface area contributed by atoms with Crippen LogP contribution in [0.2, 0.25) is 0 Å². The molecule has 0 amide bonds. The highest BCUT2D eigenvalue weighted by Crippen LogP contribution is 2.34. The number of rotatable bonds is 3. The van der Waals surface area contributed by atoms with Crippen molar-refractivity contribution in [1.82, 2.24) is 24.7 Å². The number of aryl methyl sites for hydroxylation is 1. The molecule has 154 valence electrons. The third-order valence-electron chi connectivity index (χ3n) is 6.24. The Morgan fingerprint density at radius 2 is 2.03 bits per heavy atom. The smallest absolute Gasteiger partial charge is 0.158 e. The fourth-order valence-electron chi connectivity index (χ4n) is 4.63. The van der Waals surface area contributed by atoms with Crippen molar-refractivity contribution in [3.8, 4) is 22.5 Å². The molecule has 0 saturated carbocycles. The number of hydrogen-bond donors (Lipinski definition) is 2. The van der Waals surface area contributed by atoms with Gasteiger partial charge in [0.1, 0.15) is 11.3 Å². The lowest BCUT2D eigenvalue weighted by atomic mass is 9.94. The van der Waals surface area contributed by atoms with Crippen LogP contribution in [0.1, 0.15) is 62.0 Å². The maximum atomic E-state index is 6.40. The summed E-state index contributed by atoms with van der Waals surface area (Å²) in [5.74, 6) is 0.811. The lowest BCUT2D eigenvalue weighted by molar-refractivity contribution is 0.519. The molecule has 0 radical (unpaired) electrons. The van der Waals surface area contributed by atoms with Gasteiger partial charge < -0.3 is 10.7 Å². The highest BCUT2D eigenvalue weighted by atomic mass is 15.3. The highest BCUT2D eigenvalue weighted by molar-refractivity contribution is 5.91. The molecule has 1 atom stereocenters. The quantitative estimate of drug-likeness (QED) is 0.468. The van der Waals surface area contributed by atoms with E-state index in [2.05, 4.69) is 60.1 Å². The summed E-state index contributed by atoms with van der Waals surface area (Å²) < 4.78 is 2.02. The van der Waals surface area contributed by atoms with Crippen LogP contribution in [0.4, 0.5) is 0 Å². The van der Waals surface area contributed by atoms with Gasteiger partial charge in [0.2, 0.25) is 0 Å². The van der Waals surface area contributed by atoms with E-state index in [0.717, 1.165) is 46.7 Å². The van der Waals surface area contributed by atoms with Crippen LogP contribution >= 0.6 is 0 Å². The summed E-state index contributed by atoms with van der Waals surface area (Å²) >= 11 is 0. The van der Waals surface area contributed by atoms with E-state index in [9.17, 15) is 0 Å². The maximum absolute atomic E-state index is 6.40. The van der Waals surface area contributed by atoms with Crippen LogP contribution in [0.3, 0.4) is 0 Å². The molecule has 1 unspecified atom stereocenters. The van der Waals surface area contributed by atoms with Crippen molar-refractivity contribution in [2.75, 3.05) is 0 Å². The molecule has 0 bridgehead atoms. The number of pyridine rings is 1. The average Bonchev–Trinajstić information content (AvgIpc) is 3.28. The van der Waals surface area contributed by atoms with Crippen molar-refractivity contribution in [1.29, 1.82) is 0 Å². The normalized spacial score (nSPS) is 16.8. The van der Waals surface area contributed by atoms with Gasteiger partial charge in [-0.25, -0.2) is 9.97 Å². The van der Waals surface area contributed by atoms with Gasteiger partial charge >= 0.3 is 0 Å². The largest absolute Gasteiger partial charge is 0.324 e. The zero-order valence-electron chi connectivity index (χ0n) is 17.8. The number of nitrogens with two attached hydrogens (primary N) is 1. The summed E-state index contributed by atoms with van der Waals surface area (Å²) in [6.07, 6.45) is 8.28. The molecule has 1 aromatic carbocycles. The zero-order chi connectivity index (χ0) is 20.8. The molecule has 3 N–H and O–H groups in total. The summed E-state index contributed by atoms with van der Waals surface area (Å²) in [4.78, 5) is 12.9. The van der Waals surface area contributed by atoms with Crippen molar-refractivity contribution in [2.24, 2.45) is 5.73 Å². The Bertz CT molecular complexity index is 1220. The third-order valence-corrected chi connectivity index (χ3v) is 6.24. The summed E-state index contributed by atoms with van der Waals surface area (Å²) in [6.45, 7) is 6.35. The van der Waals surface area contributed by atoms with Gasteiger partial charge in [0.05, 0.1) is 11.8 Å². The van der Waals surface area contributed by atoms with E-state index in [1.165, 1.54) is 29.5 Å². The second kappa shape index (κ2) is 7.36. The highest BCUT2D eigenvalue weighted by Gasteiger charge is 2.19. The topological polar surface area (TPSA) is 85.4 Å². The Balaban J connectivity index is 1.61. The van der Waals surface area contributed by atoms with Crippen molar-refractivity contribution in [2.45, 2.75) is 58.5 Å². The van der Waals surface area contributed by atoms with E-state index >= 15 is 0 Å². The minimum absolute atomic E-state index is 0.145. The van der Waals surface area contributed by atoms with Crippen LogP contribution < -0.4 is 5.73 Å². The lowest BCUT2D eigenvalue weighted by Gasteiger charge is -2.14. The van der Waals surface area contributed by atoms with Gasteiger partial charge in [-0.05, 0) is 62.8 Å². The van der Waals surface area contributed by atoms with E-state index in [1.807, 2.05) is 17.1 Å². The molecule has 30 heavy (non-hydrogen) atoms. The van der Waals surface area contributed by atoms with Crippen LogP contribution in [0.15, 0.2) is 36.7 Å². The molecule has 4 aromatic rings. The number of aromatic nitrogens is 5. The molecule has 5 rings (SSSR count). The van der Waals surface area contributed by atoms with Crippen LogP contribution in [0.5, 0.6) is 0 Å². The van der Waals surface area contributed by atoms with E-state index in [-0.39, 0.29) is 6.04 Å². The molecule has 0 spiro atoms. The molecule has 1 aliphatic rings. The van der Waals surface area contributed by atoms with Crippen LogP contribution in [-0.2, 0) is 6.42 Å². The van der Waals surface area contributed by atoms with Gasteiger partial charge in [0.15, 0.2) is 5.65 Å². The van der Waals surface area contributed by atoms with E-state index < -0.39 is 0 Å². The number of H-pyrrole nitrogens is 1. The fraction of sp³-hybridized carbons (Fsp3) is 0.375. The van der Waals surface area contributed by atoms with Crippen molar-refractivity contribution < 1.29 is 0 Å². The van der Waals surface area contributed by atoms with E-state index in [4.69, 9.17) is 10.7 Å². The first-order valence-electron chi connectivity index (χ1n) is 10.8. The van der Waals surface area contributed by atoms with E-state index in [1.54, 1.807) is 0 Å². The minimum Gasteiger partial charge on any atom is -0.324 e. The van der Waals surface area contributed by atoms with Crippen molar-refractivity contribution >= 4 is 11.2 Å². The van der Waals surface area contributed by atoms with Gasteiger partial charge in [0, 0.05) is 29.5 Å². The number of fused-ring (bicyclic) bond motifs is 2. The summed E-state index contributed by atoms with van der Waals surface area (Å²) in [6, 6.07) is 9.18. The molecule has 0 fully saturated rings. The number of nitrogens with one attached hydrogen (secondary N) is 1. The Labute approximate surface area is 176 Å². The Kier molecular flexibility index (Phi) is 4.66. The van der Waals surface area contributed by atoms with Crippen molar-refractivity contribution in [3.63, 3.8) is 0 Å². The average molecular weight is 401 g/mol. The Hall–Kier alpha value is -2.99. The predicted molar refractivity (Wildman–Crippen MR) is 120 cm³/mol. The maximum Gasteiger partial charge on any atom is 0.158 e. The summed E-state index contributed by atoms with van der Waals surface area (Å²) in [5.41, 5.74) is 15.1. The SMILES string of the molecule is Cc1c(-c2nc3c(-c4ccc5c(c4)CCCCC5N)ccnc3[nH]2)cnn1C(C)C. The number of imidazole rings is 1. The second-order valence-corrected chi connectivity index (χ2v) is 8.59. The molecule has 1 aliphatic carbocycles. The monoisotopic (exact) mass is 400 g/mol. The third kappa shape index (κ3) is 3.12. The van der Waals surface area contributed by atoms with Gasteiger partial charge in [-0.3, -0.25) is 4.68 Å². The van der Waals surface area contributed by atoms with Gasteiger partial charge in [0.25, 0.3) is 0 Å². The Morgan fingerprint density at radius 3 is 2.83 bits per heavy atom. The van der Waals surface area contributed by atoms with Crippen LogP contribution in [0, 0.1) is 6.92 Å². The number of benzene rings is 1. The van der Waals surface area contributed by atoms with Gasteiger partial charge in [-0.2, -0.15) is 5.10 Å². The van der Waals surface area contributed by atoms with Crippen LogP contribution in [0.25, 0.3) is 33.7 Å². The van der Waals surface area contributed by atoms with Crippen LogP contribution in [-0.4, -0.2) is 24.7 Å². The molecular weight excluding hydrogens is 372 g/mol. The summed E-state index contributed by atoms with van der Waals surface area (Å²) in [7, 11) is 0. The molecule has 3 heterocycles. The minimum atomic E-state index is 0.145. The summed E-state index contributed by atoms with van der Waals surface area (Å²) in [5, 5.41) is 4.53. The number of nitrogens with zero attached hydrogens (tertiary/aromatic N) is 4. The van der Waals surface area contributed by atoms with Crippen molar-refractivity contribution in [3.05, 3.63) is 53.5 Å². The molecule has 0 saturated heterocycles. The standard InChI is InChI=1S/C24H28N6/c1-14(2)30-15(3)20(13-27-30)23-28-22-19(10-11-26-24(22)29-23)17-8-9-18-16(12-17)6-4-5-7-21(18)25/h8-14,21H,4-7,25H2,1-3H3,(H,26,28,29).